The Bertz CT molecular complexity index is 425. The fourth-order valence-electron chi connectivity index (χ4n) is 2.43. The lowest BCUT2D eigenvalue weighted by Gasteiger charge is -2.35. The third-order valence-corrected chi connectivity index (χ3v) is 3.73. The highest BCUT2D eigenvalue weighted by Crippen LogP contribution is 2.31. The molecule has 1 fully saturated rings. The van der Waals surface area contributed by atoms with Gasteiger partial charge in [-0.15, -0.1) is 0 Å². The molecule has 0 bridgehead atoms. The molecule has 1 aliphatic rings. The SMILES string of the molecule is CC1CCC(O)(CNCc2ccc(C#N)o2)CC1. The van der Waals surface area contributed by atoms with Crippen LogP contribution in [0, 0.1) is 17.2 Å². The van der Waals surface area contributed by atoms with Gasteiger partial charge in [-0.1, -0.05) is 6.92 Å². The molecule has 0 aromatic carbocycles. The summed E-state index contributed by atoms with van der Waals surface area (Å²) in [6.45, 7) is 3.38. The van der Waals surface area contributed by atoms with Crippen LogP contribution in [0.2, 0.25) is 0 Å². The van der Waals surface area contributed by atoms with Gasteiger partial charge in [0, 0.05) is 6.54 Å². The Labute approximate surface area is 108 Å². The van der Waals surface area contributed by atoms with E-state index < -0.39 is 5.60 Å². The first-order chi connectivity index (χ1) is 8.61. The van der Waals surface area contributed by atoms with Gasteiger partial charge in [-0.25, -0.2) is 0 Å². The summed E-state index contributed by atoms with van der Waals surface area (Å²) in [5.74, 6) is 1.80. The van der Waals surface area contributed by atoms with Crippen molar-refractivity contribution in [1.82, 2.24) is 5.32 Å². The van der Waals surface area contributed by atoms with E-state index >= 15 is 0 Å². The molecule has 0 spiro atoms. The van der Waals surface area contributed by atoms with Gasteiger partial charge in [0.1, 0.15) is 11.8 Å². The first kappa shape index (κ1) is 13.1. The minimum atomic E-state index is -0.572. The van der Waals surface area contributed by atoms with Gasteiger partial charge in [0.2, 0.25) is 5.76 Å². The maximum Gasteiger partial charge on any atom is 0.203 e. The van der Waals surface area contributed by atoms with E-state index in [2.05, 4.69) is 12.2 Å². The van der Waals surface area contributed by atoms with Crippen molar-refractivity contribution in [2.45, 2.75) is 44.8 Å². The zero-order valence-electron chi connectivity index (χ0n) is 10.8. The van der Waals surface area contributed by atoms with Gasteiger partial charge in [0.05, 0.1) is 12.1 Å². The number of furan rings is 1. The molecule has 2 N–H and O–H groups in total. The van der Waals surface area contributed by atoms with Crippen LogP contribution in [0.25, 0.3) is 0 Å². The standard InChI is InChI=1S/C14H20N2O2/c1-11-4-6-14(17,7-5-11)10-16-9-13-3-2-12(8-15)18-13/h2-3,11,16-17H,4-7,9-10H2,1H3. The Hall–Kier alpha value is -1.31. The van der Waals surface area contributed by atoms with E-state index in [1.165, 1.54) is 0 Å². The molecule has 0 aliphatic heterocycles. The Morgan fingerprint density at radius 3 is 2.83 bits per heavy atom. The second-order valence-electron chi connectivity index (χ2n) is 5.39. The molecule has 0 unspecified atom stereocenters. The van der Waals surface area contributed by atoms with Crippen LogP contribution in [0.15, 0.2) is 16.5 Å². The van der Waals surface area contributed by atoms with Crippen molar-refractivity contribution in [3.8, 4) is 6.07 Å². The Morgan fingerprint density at radius 2 is 2.22 bits per heavy atom. The van der Waals surface area contributed by atoms with E-state index in [9.17, 15) is 5.11 Å². The number of nitrogens with one attached hydrogen (secondary N) is 1. The van der Waals surface area contributed by atoms with Gasteiger partial charge in [0.25, 0.3) is 0 Å². The van der Waals surface area contributed by atoms with Crippen LogP contribution in [-0.4, -0.2) is 17.3 Å². The minimum absolute atomic E-state index is 0.331. The zero-order chi connectivity index (χ0) is 13.0. The number of aliphatic hydroxyl groups is 1. The molecule has 0 radical (unpaired) electrons. The van der Waals surface area contributed by atoms with Gasteiger partial charge < -0.3 is 14.8 Å². The number of rotatable bonds is 4. The lowest BCUT2D eigenvalue weighted by Crippen LogP contribution is -2.43. The predicted octanol–water partition coefficient (Wildman–Crippen LogP) is 2.18. The minimum Gasteiger partial charge on any atom is -0.449 e. The van der Waals surface area contributed by atoms with E-state index in [4.69, 9.17) is 9.68 Å². The maximum atomic E-state index is 10.4. The fraction of sp³-hybridized carbons (Fsp3) is 0.643. The molecular weight excluding hydrogens is 228 g/mol. The van der Waals surface area contributed by atoms with Gasteiger partial charge in [0.15, 0.2) is 0 Å². The van der Waals surface area contributed by atoms with Crippen molar-refractivity contribution >= 4 is 0 Å². The van der Waals surface area contributed by atoms with E-state index in [0.717, 1.165) is 37.4 Å². The summed E-state index contributed by atoms with van der Waals surface area (Å²) < 4.78 is 5.27. The van der Waals surface area contributed by atoms with Crippen molar-refractivity contribution in [3.63, 3.8) is 0 Å². The molecular formula is C14H20N2O2. The average molecular weight is 248 g/mol. The maximum absolute atomic E-state index is 10.4. The molecule has 0 atom stereocenters. The van der Waals surface area contributed by atoms with Crippen LogP contribution in [0.4, 0.5) is 0 Å². The molecule has 18 heavy (non-hydrogen) atoms. The number of hydrogen-bond acceptors (Lipinski definition) is 4. The summed E-state index contributed by atoms with van der Waals surface area (Å²) in [7, 11) is 0. The quantitative estimate of drug-likeness (QED) is 0.857. The first-order valence-corrected chi connectivity index (χ1v) is 6.53. The highest BCUT2D eigenvalue weighted by Gasteiger charge is 2.31. The van der Waals surface area contributed by atoms with Crippen LogP contribution >= 0.6 is 0 Å². The average Bonchev–Trinajstić information content (AvgIpc) is 2.81. The molecule has 1 aliphatic carbocycles. The summed E-state index contributed by atoms with van der Waals surface area (Å²) >= 11 is 0. The number of nitrogens with zero attached hydrogens (tertiary/aromatic N) is 1. The summed E-state index contributed by atoms with van der Waals surface area (Å²) in [5.41, 5.74) is -0.572. The molecule has 98 valence electrons. The summed E-state index contributed by atoms with van der Waals surface area (Å²) in [4.78, 5) is 0. The van der Waals surface area contributed by atoms with Crippen molar-refractivity contribution < 1.29 is 9.52 Å². The molecule has 0 amide bonds. The Kier molecular flexibility index (Phi) is 4.05. The summed E-state index contributed by atoms with van der Waals surface area (Å²) in [5, 5.41) is 22.2. The largest absolute Gasteiger partial charge is 0.449 e. The van der Waals surface area contributed by atoms with Crippen LogP contribution in [0.5, 0.6) is 0 Å². The Balaban J connectivity index is 1.76. The lowest BCUT2D eigenvalue weighted by molar-refractivity contribution is -0.00656. The van der Waals surface area contributed by atoms with E-state index in [-0.39, 0.29) is 0 Å². The first-order valence-electron chi connectivity index (χ1n) is 6.53. The summed E-state index contributed by atoms with van der Waals surface area (Å²) in [6.07, 6.45) is 3.92. The number of hydrogen-bond donors (Lipinski definition) is 2. The molecule has 1 heterocycles. The van der Waals surface area contributed by atoms with E-state index in [1.54, 1.807) is 12.1 Å². The molecule has 1 aromatic heterocycles. The molecule has 4 heteroatoms. The molecule has 0 saturated heterocycles. The van der Waals surface area contributed by atoms with Gasteiger partial charge in [-0.2, -0.15) is 5.26 Å². The van der Waals surface area contributed by atoms with Crippen molar-refractivity contribution in [2.75, 3.05) is 6.54 Å². The lowest BCUT2D eigenvalue weighted by atomic mass is 9.79. The van der Waals surface area contributed by atoms with Gasteiger partial charge >= 0.3 is 0 Å². The van der Waals surface area contributed by atoms with Crippen molar-refractivity contribution in [1.29, 1.82) is 5.26 Å². The van der Waals surface area contributed by atoms with E-state index in [0.29, 0.717) is 18.8 Å². The second kappa shape index (κ2) is 5.55. The van der Waals surface area contributed by atoms with Crippen LogP contribution in [-0.2, 0) is 6.54 Å². The van der Waals surface area contributed by atoms with Crippen LogP contribution in [0.3, 0.4) is 0 Å². The molecule has 2 rings (SSSR count). The van der Waals surface area contributed by atoms with Crippen molar-refractivity contribution in [2.24, 2.45) is 5.92 Å². The van der Waals surface area contributed by atoms with Gasteiger partial charge in [-0.3, -0.25) is 0 Å². The third kappa shape index (κ3) is 3.34. The zero-order valence-corrected chi connectivity index (χ0v) is 10.8. The van der Waals surface area contributed by atoms with Crippen LogP contribution in [0.1, 0.15) is 44.1 Å². The highest BCUT2D eigenvalue weighted by molar-refractivity contribution is 5.18. The van der Waals surface area contributed by atoms with E-state index in [1.807, 2.05) is 6.07 Å². The molecule has 4 nitrogen and oxygen atoms in total. The summed E-state index contributed by atoms with van der Waals surface area (Å²) in [6, 6.07) is 5.41. The predicted molar refractivity (Wildman–Crippen MR) is 67.7 cm³/mol. The Morgan fingerprint density at radius 1 is 1.50 bits per heavy atom. The smallest absolute Gasteiger partial charge is 0.203 e. The fourth-order valence-corrected chi connectivity index (χ4v) is 2.43. The normalized spacial score (nSPS) is 27.9. The highest BCUT2D eigenvalue weighted by atomic mass is 16.3. The monoisotopic (exact) mass is 248 g/mol. The van der Waals surface area contributed by atoms with Crippen LogP contribution < -0.4 is 5.32 Å². The number of nitriles is 1. The van der Waals surface area contributed by atoms with Crippen molar-refractivity contribution in [3.05, 3.63) is 23.7 Å². The molecule has 1 aromatic rings. The second-order valence-corrected chi connectivity index (χ2v) is 5.39. The van der Waals surface area contributed by atoms with Gasteiger partial charge in [-0.05, 0) is 43.7 Å². The third-order valence-electron chi connectivity index (χ3n) is 3.73. The molecule has 1 saturated carbocycles. The topological polar surface area (TPSA) is 69.2 Å².